The maximum Gasteiger partial charge on any atom is 0.327 e. The van der Waals surface area contributed by atoms with E-state index in [1.54, 1.807) is 93.3 Å². The summed E-state index contributed by atoms with van der Waals surface area (Å²) in [6, 6.07) is 10.5. The molecule has 0 aliphatic rings. The molecule has 16 heterocycles. The Bertz CT molecular complexity index is 7630. The van der Waals surface area contributed by atoms with Gasteiger partial charge in [0.05, 0.1) is 84.9 Å². The van der Waals surface area contributed by atoms with Gasteiger partial charge >= 0.3 is 45.5 Å². The summed E-state index contributed by atoms with van der Waals surface area (Å²) in [5.74, 6) is 6.31. The van der Waals surface area contributed by atoms with E-state index in [0.717, 1.165) is 164 Å². The zero-order chi connectivity index (χ0) is 107. The first kappa shape index (κ1) is 115. The molecule has 0 radical (unpaired) electrons. The summed E-state index contributed by atoms with van der Waals surface area (Å²) in [7, 11) is 4.89. The standard InChI is InChI=1S/C14H19ClN4O2.2C14H19N3O.C14H17N3O.C13H18ClN3O2.C12H17ClN4O.C12H17N3O2.C11H15N3O2/c1-5-8(6-2)19-11-10(13(20)18(3)4)9(15)7-16-12(11)17-14(19)21;2*1-5-11(6-2)17-12-7-10(9(3)4)8-15-13(12)16-14(17)18;1-4-7-10-8-12-13(15-9-10)16-14(18)17(12)11(5-2)6-3;1-4-8(5-2)17-11-10(7(3)18)9(14)6-15-12(11)16-13(17)19;1-3-7(4-2)17-10-8(5-14)9(13)6-15-11(10)16-12(17)18;1-4-8(5-2)15-10-6-9(17-3)7-13-11(10)14-12(15)16;1-3-7(4-2)14-9-5-8(15)6-12-10(9)13-11(14)16/h7-8H,5-6H2,1-4H3,(H,16,17,21);2*7-8,11H,3,5-6H2,1-2,4H3,(H,15,16,18);8-9,11H,5-6H2,1-3H3,(H,15,16,18);6-8,18H,4-5H2,1-3H3,(H,15,16,19);6-7H,3-5,14H2,1-2H3,(H,15,16,18);6-8H,4-5H2,1-3H3,(H,13,14,16);5-7,15H,3-4H2,1-2H3,(H,12,13,16). The Hall–Kier alpha value is -13.7. The Kier molecular flexibility index (Phi) is 41.7. The van der Waals surface area contributed by atoms with Crippen molar-refractivity contribution in [3.8, 4) is 23.3 Å². The van der Waals surface area contributed by atoms with Gasteiger partial charge in [0.1, 0.15) is 17.0 Å². The zero-order valence-corrected chi connectivity index (χ0v) is 89.7. The van der Waals surface area contributed by atoms with Gasteiger partial charge in [0, 0.05) is 135 Å². The minimum absolute atomic E-state index is 0.000212. The number of carbonyl (C=O) groups excluding carboxylic acids is 1. The molecule has 145 heavy (non-hydrogen) atoms. The monoisotopic (exact) mass is 2050 g/mol. The fourth-order valence-electron chi connectivity index (χ4n) is 18.2. The second-order valence-corrected chi connectivity index (χ2v) is 36.7. The summed E-state index contributed by atoms with van der Waals surface area (Å²) < 4.78 is 19.0. The predicted molar refractivity (Wildman–Crippen MR) is 582 cm³/mol. The molecule has 0 aliphatic carbocycles. The van der Waals surface area contributed by atoms with Gasteiger partial charge in [-0.05, 0) is 171 Å². The average Bonchev–Trinajstić information content (AvgIpc) is 1.61. The maximum atomic E-state index is 12.4. The Morgan fingerprint density at radius 1 is 0.393 bits per heavy atom. The number of nitrogens with one attached hydrogen (secondary N) is 8. The number of aromatic nitrogens is 24. The van der Waals surface area contributed by atoms with E-state index < -0.39 is 6.10 Å². The first-order valence-electron chi connectivity index (χ1n) is 49.7. The highest BCUT2D eigenvalue weighted by Gasteiger charge is 2.29. The number of pyridine rings is 8. The normalized spacial score (nSPS) is 11.6. The molecular formula is C104H141Cl3N26O12. The van der Waals surface area contributed by atoms with Crippen LogP contribution >= 0.6 is 34.8 Å². The van der Waals surface area contributed by atoms with E-state index in [1.807, 2.05) is 88.8 Å². The summed E-state index contributed by atoms with van der Waals surface area (Å²) in [5.41, 5.74) is 21.3. The van der Waals surface area contributed by atoms with Gasteiger partial charge in [-0.25, -0.2) is 78.2 Å². The Morgan fingerprint density at radius 3 is 1.01 bits per heavy atom. The highest BCUT2D eigenvalue weighted by molar-refractivity contribution is 6.35. The molecule has 0 spiro atoms. The number of halogens is 3. The molecule has 12 N–H and O–H groups in total. The van der Waals surface area contributed by atoms with Crippen LogP contribution in [0.1, 0.15) is 334 Å². The van der Waals surface area contributed by atoms with Gasteiger partial charge in [-0.1, -0.05) is 165 Å². The van der Waals surface area contributed by atoms with Gasteiger partial charge < -0.3 is 25.6 Å². The molecule has 41 heteroatoms. The van der Waals surface area contributed by atoms with Crippen LogP contribution in [-0.4, -0.2) is 159 Å². The van der Waals surface area contributed by atoms with E-state index in [2.05, 4.69) is 174 Å². The Labute approximate surface area is 854 Å². The van der Waals surface area contributed by atoms with Crippen molar-refractivity contribution in [1.82, 2.24) is 121 Å². The zero-order valence-electron chi connectivity index (χ0n) is 87.4. The molecule has 16 aromatic rings. The van der Waals surface area contributed by atoms with E-state index in [0.29, 0.717) is 88.6 Å². The molecular weight excluding hydrogens is 1910 g/mol. The van der Waals surface area contributed by atoms with Crippen molar-refractivity contribution in [1.29, 1.82) is 0 Å². The quantitative estimate of drug-likeness (QED) is 0.0186. The molecule has 0 saturated carbocycles. The number of allylic oxidation sites excluding steroid dienone is 2. The number of imidazole rings is 8. The molecule has 1 unspecified atom stereocenters. The SMILES string of the molecule is C=C(C)c1cnc2[nH]c(=O)n(C(CC)CC)c2c1.C=C(C)c1cnc2[nH]c(=O)n(C(CC)CC)c2c1.CC#Cc1cnc2[nH]c(=O)n(C(CC)CC)c2c1.CCC(CC)n1c(=O)[nH]c2ncc(Cl)c(C(=O)N(C)C)c21.CCC(CC)n1c(=O)[nH]c2ncc(Cl)c(C(C)O)c21.CCC(CC)n1c(=O)[nH]c2ncc(Cl)c(CN)c21.CCC(CC)n1c(=O)[nH]c2ncc(O)cc21.CCC(CC)n1c(=O)[nH]c2ncc(OC)cc21. The van der Waals surface area contributed by atoms with Crippen LogP contribution in [0.3, 0.4) is 0 Å². The van der Waals surface area contributed by atoms with E-state index in [-0.39, 0.29) is 117 Å². The van der Waals surface area contributed by atoms with Crippen LogP contribution in [0, 0.1) is 11.8 Å². The fourth-order valence-corrected chi connectivity index (χ4v) is 18.9. The van der Waals surface area contributed by atoms with Crippen LogP contribution in [0.2, 0.25) is 15.1 Å². The molecule has 38 nitrogen and oxygen atoms in total. The number of nitrogens with two attached hydrogens (primary N) is 1. The number of methoxy groups -OCH3 is 1. The summed E-state index contributed by atoms with van der Waals surface area (Å²) in [6.45, 7) is 48.4. The van der Waals surface area contributed by atoms with E-state index >= 15 is 0 Å². The number of aromatic hydroxyl groups is 1. The van der Waals surface area contributed by atoms with Gasteiger partial charge in [-0.2, -0.15) is 0 Å². The van der Waals surface area contributed by atoms with Crippen molar-refractivity contribution < 1.29 is 19.7 Å². The topological polar surface area (TPSA) is 501 Å². The minimum atomic E-state index is -0.756. The number of carbonyl (C=O) groups is 1. The van der Waals surface area contributed by atoms with E-state index in [9.17, 15) is 53.4 Å². The summed E-state index contributed by atoms with van der Waals surface area (Å²) in [4.78, 5) is 166. The first-order chi connectivity index (χ1) is 69.3. The van der Waals surface area contributed by atoms with E-state index in [1.165, 1.54) is 29.7 Å². The maximum absolute atomic E-state index is 12.4. The van der Waals surface area contributed by atoms with E-state index in [4.69, 9.17) is 45.3 Å². The van der Waals surface area contributed by atoms with Gasteiger partial charge in [0.15, 0.2) is 45.2 Å². The second-order valence-electron chi connectivity index (χ2n) is 35.4. The summed E-state index contributed by atoms with van der Waals surface area (Å²) >= 11 is 18.4. The fraction of sp³-hybridized carbons (Fsp3) is 0.471. The largest absolute Gasteiger partial charge is 0.506 e. The molecule has 0 fully saturated rings. The summed E-state index contributed by atoms with van der Waals surface area (Å²) in [5, 5.41) is 20.5. The number of aromatic amines is 8. The van der Waals surface area contributed by atoms with Gasteiger partial charge in [0.25, 0.3) is 5.91 Å². The smallest absolute Gasteiger partial charge is 0.327 e. The lowest BCUT2D eigenvalue weighted by molar-refractivity contribution is 0.0829. The number of nitrogens with zero attached hydrogens (tertiary/aromatic N) is 17. The molecule has 0 bridgehead atoms. The number of aliphatic hydroxyl groups excluding tert-OH is 1. The Morgan fingerprint density at radius 2 is 0.669 bits per heavy atom. The number of H-pyrrole nitrogens is 8. The average molecular weight is 2050 g/mol. The number of hydrogen-bond donors (Lipinski definition) is 11. The lowest BCUT2D eigenvalue weighted by Gasteiger charge is -2.18. The number of ether oxygens (including phenoxy) is 1. The number of rotatable bonds is 30. The lowest BCUT2D eigenvalue weighted by Crippen LogP contribution is -2.26. The summed E-state index contributed by atoms with van der Waals surface area (Å²) in [6.07, 6.45) is 25.9. The van der Waals surface area contributed by atoms with Crippen molar-refractivity contribution in [3.05, 3.63) is 225 Å². The number of hydrogen-bond acceptors (Lipinski definition) is 21. The lowest BCUT2D eigenvalue weighted by atomic mass is 10.1. The van der Waals surface area contributed by atoms with Crippen molar-refractivity contribution in [2.75, 3.05) is 21.2 Å². The molecule has 16 rings (SSSR count). The molecule has 16 aromatic heterocycles. The highest BCUT2D eigenvalue weighted by Crippen LogP contribution is 2.35. The number of fused-ring (bicyclic) bond motifs is 8. The first-order valence-corrected chi connectivity index (χ1v) is 50.9. The van der Waals surface area contributed by atoms with Gasteiger partial charge in [0.2, 0.25) is 0 Å². The van der Waals surface area contributed by atoms with Crippen molar-refractivity contribution in [2.45, 2.75) is 302 Å². The highest BCUT2D eigenvalue weighted by atomic mass is 35.5. The number of aliphatic hydroxyl groups is 1. The third-order valence-corrected chi connectivity index (χ3v) is 27.1. The van der Waals surface area contributed by atoms with Crippen molar-refractivity contribution >= 4 is 141 Å². The van der Waals surface area contributed by atoms with Crippen LogP contribution in [-0.2, 0) is 6.54 Å². The van der Waals surface area contributed by atoms with Gasteiger partial charge in [-0.3, -0.25) is 81.2 Å². The second kappa shape index (κ2) is 52.7. The van der Waals surface area contributed by atoms with Crippen LogP contribution in [0.15, 0.2) is 131 Å². The molecule has 0 aliphatic heterocycles. The number of amides is 1. The molecule has 1 atom stereocenters. The third-order valence-electron chi connectivity index (χ3n) is 26.2. The Balaban J connectivity index is 0.000000185. The molecule has 0 saturated heterocycles. The minimum Gasteiger partial charge on any atom is -0.506 e. The van der Waals surface area contributed by atoms with Crippen LogP contribution < -0.4 is 56.0 Å². The van der Waals surface area contributed by atoms with Crippen molar-refractivity contribution in [3.63, 3.8) is 0 Å². The molecule has 0 aromatic carbocycles. The van der Waals surface area contributed by atoms with Crippen LogP contribution in [0.4, 0.5) is 0 Å². The van der Waals surface area contributed by atoms with Crippen molar-refractivity contribution in [2.24, 2.45) is 5.73 Å². The van der Waals surface area contributed by atoms with Gasteiger partial charge in [-0.15, -0.1) is 5.92 Å². The van der Waals surface area contributed by atoms with Crippen LogP contribution in [0.25, 0.3) is 100 Å². The third kappa shape index (κ3) is 25.6. The molecule has 780 valence electrons. The molecule has 1 amide bonds. The predicted octanol–water partition coefficient (Wildman–Crippen LogP) is 20.0. The van der Waals surface area contributed by atoms with Crippen LogP contribution in [0.5, 0.6) is 11.5 Å².